The van der Waals surface area contributed by atoms with E-state index in [2.05, 4.69) is 9.95 Å². The van der Waals surface area contributed by atoms with Crippen LogP contribution in [0.25, 0.3) is 21.1 Å². The van der Waals surface area contributed by atoms with E-state index in [0.29, 0.717) is 22.9 Å². The summed E-state index contributed by atoms with van der Waals surface area (Å²) in [4.78, 5) is 6.28. The fourth-order valence-corrected chi connectivity index (χ4v) is 1.88. The third-order valence-corrected chi connectivity index (χ3v) is 2.91. The molecule has 0 N–H and O–H groups in total. The average molecular weight is 637 g/mol. The molecule has 0 unspecified atom stereocenters. The summed E-state index contributed by atoms with van der Waals surface area (Å²) in [5.41, 5.74) is 2.42. The number of benzene rings is 2. The molecule has 0 aromatic heterocycles. The van der Waals surface area contributed by atoms with E-state index >= 15 is 0 Å². The summed E-state index contributed by atoms with van der Waals surface area (Å²) in [7, 11) is -2.16. The topological polar surface area (TPSA) is 155 Å². The molecule has 0 heterocycles. The Kier molecular flexibility index (Phi) is 29.8. The zero-order chi connectivity index (χ0) is 19.0. The van der Waals surface area contributed by atoms with Gasteiger partial charge in [-0.25, -0.2) is 0 Å². The van der Waals surface area contributed by atoms with Crippen LogP contribution < -0.4 is 59.1 Å². The van der Waals surface area contributed by atoms with Gasteiger partial charge >= 0.3 is 50.3 Å². The smallest absolute Gasteiger partial charge is 1.00 e. The van der Waals surface area contributed by atoms with Gasteiger partial charge in [-0.2, -0.15) is 0 Å². The van der Waals surface area contributed by atoms with Gasteiger partial charge in [0.05, 0.1) is 14.2 Å². The van der Waals surface area contributed by atoms with Gasteiger partial charge in [-0.3, -0.25) is 8.42 Å². The van der Waals surface area contributed by atoms with Gasteiger partial charge < -0.3 is 68.2 Å². The molecule has 0 amide bonds. The van der Waals surface area contributed by atoms with Crippen LogP contribution in [0.4, 0.5) is 11.4 Å². The van der Waals surface area contributed by atoms with E-state index in [9.17, 15) is 0 Å². The van der Waals surface area contributed by atoms with Crippen LogP contribution in [-0.4, -0.2) is 31.7 Å². The third-order valence-electron chi connectivity index (χ3n) is 2.91. The number of methoxy groups -OCH3 is 2. The Morgan fingerprint density at radius 1 is 0.742 bits per heavy atom. The van der Waals surface area contributed by atoms with Crippen LogP contribution in [-0.2, 0) is 49.4 Å². The summed E-state index contributed by atoms with van der Waals surface area (Å²) in [6, 6.07) is 10.4. The molecule has 0 atom stereocenters. The van der Waals surface area contributed by atoms with Crippen molar-refractivity contribution in [2.75, 3.05) is 14.2 Å². The maximum Gasteiger partial charge on any atom is 2.00 e. The van der Waals surface area contributed by atoms with E-state index in [0.717, 1.165) is 11.1 Å². The van der Waals surface area contributed by atoms with Gasteiger partial charge in [-0.1, -0.05) is 0 Å². The van der Waals surface area contributed by atoms with Gasteiger partial charge in [-0.05, 0) is 35.4 Å². The predicted molar refractivity (Wildman–Crippen MR) is 84.9 cm³/mol. The summed E-state index contributed by atoms with van der Waals surface area (Å²) >= 11 is 0. The van der Waals surface area contributed by atoms with Crippen LogP contribution in [0, 0.1) is 10.8 Å². The molecular formula is C14H12Cl4N4O6SZn2. The van der Waals surface area contributed by atoms with Gasteiger partial charge in [0.2, 0.25) is 22.3 Å². The van der Waals surface area contributed by atoms with E-state index in [1.807, 2.05) is 0 Å². The first-order valence-corrected chi connectivity index (χ1v) is 7.80. The minimum Gasteiger partial charge on any atom is -1.00 e. The minimum atomic E-state index is -5.17. The molecule has 0 aliphatic carbocycles. The minimum absolute atomic E-state index is 0. The van der Waals surface area contributed by atoms with Crippen molar-refractivity contribution in [2.24, 2.45) is 0 Å². The zero-order valence-corrected chi connectivity index (χ0v) is 25.8. The molecule has 0 aliphatic heterocycles. The Morgan fingerprint density at radius 3 is 1.19 bits per heavy atom. The van der Waals surface area contributed by atoms with E-state index in [1.165, 1.54) is 14.2 Å². The second kappa shape index (κ2) is 21.0. The predicted octanol–water partition coefficient (Wildman–Crippen LogP) is -8.99. The summed E-state index contributed by atoms with van der Waals surface area (Å²) < 4.78 is 44.4. The van der Waals surface area contributed by atoms with Crippen molar-refractivity contribution in [1.29, 1.82) is 10.8 Å². The van der Waals surface area contributed by atoms with Crippen LogP contribution in [0.15, 0.2) is 36.4 Å². The Balaban J connectivity index is -0.000000129. The van der Waals surface area contributed by atoms with Gasteiger partial charge in [0, 0.05) is 22.5 Å². The number of hydrogen-bond acceptors (Lipinski definition) is 8. The van der Waals surface area contributed by atoms with Gasteiger partial charge in [-0.15, -0.1) is 0 Å². The van der Waals surface area contributed by atoms with Crippen molar-refractivity contribution in [2.45, 2.75) is 0 Å². The molecule has 2 rings (SSSR count). The number of halogens is 4. The molecular weight excluding hydrogens is 625 g/mol. The molecule has 0 saturated heterocycles. The standard InChI is InChI=1S/C14H12N4O2.4ClH.H2O4S.2Zn/c1-19-13-7-9(3-5-11(13)17-15)10-4-6-12(18-16)14(8-10)20-2;;;;;1-5(2,3)4;;/h3-8H,1-2H3;4*1H;(H2,1,2,3,4);;/q+2;;;;;;2*+2/p-6. The van der Waals surface area contributed by atoms with Crippen molar-refractivity contribution in [1.82, 2.24) is 0 Å². The molecule has 10 nitrogen and oxygen atoms in total. The van der Waals surface area contributed by atoms with E-state index in [4.69, 9.17) is 37.8 Å². The molecule has 17 heteroatoms. The molecule has 0 spiro atoms. The molecule has 2 aromatic rings. The monoisotopic (exact) mass is 632 g/mol. The fraction of sp³-hybridized carbons (Fsp3) is 0.143. The van der Waals surface area contributed by atoms with Gasteiger partial charge in [0.25, 0.3) is 0 Å². The van der Waals surface area contributed by atoms with Crippen LogP contribution in [0.5, 0.6) is 11.5 Å². The molecule has 0 aliphatic rings. The molecule has 2 aromatic carbocycles. The van der Waals surface area contributed by atoms with Crippen molar-refractivity contribution in [3.63, 3.8) is 0 Å². The number of ether oxygens (including phenoxy) is 2. The summed E-state index contributed by atoms with van der Waals surface area (Å²) in [6.07, 6.45) is 0. The largest absolute Gasteiger partial charge is 2.00 e. The Bertz CT molecular complexity index is 903. The fourth-order valence-electron chi connectivity index (χ4n) is 1.88. The molecule has 0 fully saturated rings. The first kappa shape index (κ1) is 43.9. The van der Waals surface area contributed by atoms with Crippen molar-refractivity contribution < 1.29 is 116 Å². The quantitative estimate of drug-likeness (QED) is 0.139. The van der Waals surface area contributed by atoms with Crippen LogP contribution in [0.2, 0.25) is 0 Å². The zero-order valence-electron chi connectivity index (χ0n) is 16.0. The maximum absolute atomic E-state index is 8.85. The first-order chi connectivity index (χ1) is 11.7. The number of nitrogens with zero attached hydrogens (tertiary/aromatic N) is 4. The summed E-state index contributed by atoms with van der Waals surface area (Å²) in [5.74, 6) is 0.916. The maximum atomic E-state index is 8.85. The van der Waals surface area contributed by atoms with Gasteiger partial charge in [0.15, 0.2) is 9.95 Å². The normalized spacial score (nSPS) is 7.94. The molecule has 0 bridgehead atoms. The number of diazo groups is 2. The van der Waals surface area contributed by atoms with Crippen molar-refractivity contribution >= 4 is 21.8 Å². The Labute approximate surface area is 229 Å². The molecule has 162 valence electrons. The molecule has 0 radical (unpaired) electrons. The van der Waals surface area contributed by atoms with Crippen LogP contribution >= 0.6 is 0 Å². The van der Waals surface area contributed by atoms with Crippen LogP contribution in [0.1, 0.15) is 0 Å². The van der Waals surface area contributed by atoms with Gasteiger partial charge in [0.1, 0.15) is 0 Å². The summed E-state index contributed by atoms with van der Waals surface area (Å²) in [6.45, 7) is 0. The number of hydrogen-bond donors (Lipinski definition) is 0. The van der Waals surface area contributed by atoms with E-state index < -0.39 is 10.4 Å². The average Bonchev–Trinajstić information content (AvgIpc) is 2.59. The SMILES string of the molecule is COc1cc(-c2ccc([N+]#N)c(OC)c2)ccc1[N+]#N.O=S(=O)([O-])[O-].[Cl-].[Cl-].[Cl-].[Cl-].[Zn+2].[Zn+2]. The third kappa shape index (κ3) is 15.6. The van der Waals surface area contributed by atoms with Crippen molar-refractivity contribution in [3.8, 4) is 22.6 Å². The second-order valence-corrected chi connectivity index (χ2v) is 5.20. The van der Waals surface area contributed by atoms with E-state index in [1.54, 1.807) is 36.4 Å². The summed E-state index contributed by atoms with van der Waals surface area (Å²) in [5, 5.41) is 17.7. The Hall–Kier alpha value is -0.843. The van der Waals surface area contributed by atoms with E-state index in [-0.39, 0.29) is 88.6 Å². The molecule has 31 heavy (non-hydrogen) atoms. The molecule has 0 saturated carbocycles. The number of rotatable bonds is 3. The Morgan fingerprint density at radius 2 is 1.00 bits per heavy atom. The first-order valence-electron chi connectivity index (χ1n) is 6.46. The van der Waals surface area contributed by atoms with Crippen LogP contribution in [0.3, 0.4) is 0 Å². The van der Waals surface area contributed by atoms with Crippen molar-refractivity contribution in [3.05, 3.63) is 46.4 Å². The second-order valence-electron chi connectivity index (χ2n) is 4.38.